The van der Waals surface area contributed by atoms with Crippen molar-refractivity contribution in [1.29, 1.82) is 0 Å². The first-order chi connectivity index (χ1) is 30.4. The van der Waals surface area contributed by atoms with E-state index in [9.17, 15) is 55.9 Å². The molecule has 0 aromatic carbocycles. The van der Waals surface area contributed by atoms with E-state index in [2.05, 4.69) is 19.2 Å². The molecule has 2 heterocycles. The van der Waals surface area contributed by atoms with Gasteiger partial charge in [0.15, 0.2) is 18.2 Å². The van der Waals surface area contributed by atoms with Gasteiger partial charge in [-0.05, 0) is 12.8 Å². The zero-order chi connectivity index (χ0) is 46.5. The Hall–Kier alpha value is -1.05. The summed E-state index contributed by atoms with van der Waals surface area (Å²) in [5.74, 6) is -0.467. The molecule has 0 aliphatic carbocycles. The van der Waals surface area contributed by atoms with Gasteiger partial charge in [-0.2, -0.15) is 0 Å². The lowest BCUT2D eigenvalue weighted by atomic mass is 9.78. The molecule has 1 amide bonds. The zero-order valence-electron chi connectivity index (χ0n) is 39.2. The van der Waals surface area contributed by atoms with Crippen molar-refractivity contribution in [2.45, 2.75) is 286 Å². The Kier molecular flexibility index (Phi) is 31.6. The largest absolute Gasteiger partial charge is 0.394 e. The summed E-state index contributed by atoms with van der Waals surface area (Å²) in [4.78, 5) is 13.4. The number of amides is 1. The lowest BCUT2D eigenvalue weighted by Crippen LogP contribution is -2.75. The highest BCUT2D eigenvalue weighted by Crippen LogP contribution is 2.37. The Labute approximate surface area is 379 Å². The molecule has 13 atom stereocenters. The average Bonchev–Trinajstić information content (AvgIpc) is 3.28. The van der Waals surface area contributed by atoms with E-state index < -0.39 is 98.3 Å². The number of rotatable bonds is 38. The molecule has 2 fully saturated rings. The molecule has 1 unspecified atom stereocenters. The number of aliphatic hydroxyl groups excluding tert-OH is 10. The SMILES string of the molecule is CCCCCCCCCCCCCCCCCC(=O)N[C@H](C(O)[C@@]1(CO)O[C@H](O[C@H]2[C@H](O)[C@@H](O)[C@H](O)O[C@@H]2CO)[C@H](O)[C@@H](O)[C@H]1O)[C@H](O)CCCCCCCCCCCCCCC. The molecule has 15 heteroatoms. The molecular weight excluding hydrogens is 815 g/mol. The number of ether oxygens (including phenoxy) is 3. The van der Waals surface area contributed by atoms with E-state index in [1.807, 2.05) is 0 Å². The maximum absolute atomic E-state index is 13.4. The third-order valence-electron chi connectivity index (χ3n) is 13.4. The van der Waals surface area contributed by atoms with Crippen LogP contribution in [0.1, 0.15) is 206 Å². The summed E-state index contributed by atoms with van der Waals surface area (Å²) in [7, 11) is 0. The lowest BCUT2D eigenvalue weighted by Gasteiger charge is -2.52. The van der Waals surface area contributed by atoms with Crippen molar-refractivity contribution in [3.8, 4) is 0 Å². The van der Waals surface area contributed by atoms with Crippen molar-refractivity contribution in [2.24, 2.45) is 0 Å². The monoisotopic (exact) mass is 908 g/mol. The van der Waals surface area contributed by atoms with Gasteiger partial charge in [-0.15, -0.1) is 0 Å². The van der Waals surface area contributed by atoms with Crippen LogP contribution in [0.5, 0.6) is 0 Å². The maximum atomic E-state index is 13.4. The first-order valence-electron chi connectivity index (χ1n) is 25.3. The van der Waals surface area contributed by atoms with Gasteiger partial charge in [-0.25, -0.2) is 0 Å². The first kappa shape index (κ1) is 58.1. The van der Waals surface area contributed by atoms with Crippen LogP contribution >= 0.6 is 0 Å². The minimum Gasteiger partial charge on any atom is -0.394 e. The molecular formula is C48H93NO14. The molecule has 2 aliphatic rings. The van der Waals surface area contributed by atoms with Gasteiger partial charge in [0.05, 0.1) is 25.4 Å². The van der Waals surface area contributed by atoms with E-state index in [1.165, 1.54) is 116 Å². The highest BCUT2D eigenvalue weighted by molar-refractivity contribution is 5.76. The van der Waals surface area contributed by atoms with E-state index in [1.54, 1.807) is 0 Å². The number of hydrogen-bond acceptors (Lipinski definition) is 14. The Morgan fingerprint density at radius 3 is 1.44 bits per heavy atom. The van der Waals surface area contributed by atoms with Crippen LogP contribution in [0, 0.1) is 0 Å². The Bertz CT molecular complexity index is 1120. The summed E-state index contributed by atoms with van der Waals surface area (Å²) in [6, 6.07) is -1.50. The van der Waals surface area contributed by atoms with Crippen LogP contribution in [0.3, 0.4) is 0 Å². The third kappa shape index (κ3) is 20.8. The number of hydrogen-bond donors (Lipinski definition) is 11. The third-order valence-corrected chi connectivity index (χ3v) is 13.4. The Morgan fingerprint density at radius 2 is 1.02 bits per heavy atom. The summed E-state index contributed by atoms with van der Waals surface area (Å²) in [5, 5.41) is 111. The van der Waals surface area contributed by atoms with Crippen molar-refractivity contribution >= 4 is 5.91 Å². The van der Waals surface area contributed by atoms with E-state index in [4.69, 9.17) is 14.2 Å². The van der Waals surface area contributed by atoms with Crippen molar-refractivity contribution < 1.29 is 70.1 Å². The molecule has 2 aliphatic heterocycles. The number of unbranched alkanes of at least 4 members (excludes halogenated alkanes) is 26. The quantitative estimate of drug-likeness (QED) is 0.0368. The van der Waals surface area contributed by atoms with E-state index in [0.29, 0.717) is 12.8 Å². The zero-order valence-corrected chi connectivity index (χ0v) is 39.2. The molecule has 0 saturated carbocycles. The second-order valence-corrected chi connectivity index (χ2v) is 18.7. The molecule has 0 spiro atoms. The topological polar surface area (TPSA) is 259 Å². The predicted octanol–water partition coefficient (Wildman–Crippen LogP) is 4.92. The van der Waals surface area contributed by atoms with Crippen LogP contribution in [0.15, 0.2) is 0 Å². The summed E-state index contributed by atoms with van der Waals surface area (Å²) < 4.78 is 16.7. The van der Waals surface area contributed by atoms with Gasteiger partial charge in [-0.3, -0.25) is 4.79 Å². The van der Waals surface area contributed by atoms with Gasteiger partial charge in [0.25, 0.3) is 0 Å². The van der Waals surface area contributed by atoms with Crippen molar-refractivity contribution in [3.63, 3.8) is 0 Å². The average molecular weight is 908 g/mol. The fourth-order valence-electron chi connectivity index (χ4n) is 9.11. The van der Waals surface area contributed by atoms with Gasteiger partial charge in [0.1, 0.15) is 48.8 Å². The molecule has 63 heavy (non-hydrogen) atoms. The molecule has 0 radical (unpaired) electrons. The van der Waals surface area contributed by atoms with Crippen molar-refractivity contribution in [1.82, 2.24) is 5.32 Å². The van der Waals surface area contributed by atoms with E-state index in [0.717, 1.165) is 51.4 Å². The Morgan fingerprint density at radius 1 is 0.587 bits per heavy atom. The molecule has 15 nitrogen and oxygen atoms in total. The number of nitrogens with one attached hydrogen (secondary N) is 1. The highest BCUT2D eigenvalue weighted by Gasteiger charge is 2.61. The van der Waals surface area contributed by atoms with Gasteiger partial charge >= 0.3 is 0 Å². The minimum absolute atomic E-state index is 0.103. The van der Waals surface area contributed by atoms with Crippen molar-refractivity contribution in [3.05, 3.63) is 0 Å². The number of carbonyl (C=O) groups excluding carboxylic acids is 1. The van der Waals surface area contributed by atoms with Gasteiger partial charge in [-0.1, -0.05) is 187 Å². The van der Waals surface area contributed by atoms with Crippen LogP contribution in [-0.4, -0.2) is 149 Å². The minimum atomic E-state index is -2.56. The second-order valence-electron chi connectivity index (χ2n) is 18.7. The van der Waals surface area contributed by atoms with Gasteiger partial charge in [0.2, 0.25) is 5.91 Å². The molecule has 0 aromatic heterocycles. The molecule has 374 valence electrons. The van der Waals surface area contributed by atoms with Crippen LogP contribution in [0.2, 0.25) is 0 Å². The first-order valence-corrected chi connectivity index (χ1v) is 25.3. The molecule has 0 bridgehead atoms. The molecule has 11 N–H and O–H groups in total. The number of carbonyl (C=O) groups is 1. The maximum Gasteiger partial charge on any atom is 0.220 e. The van der Waals surface area contributed by atoms with Gasteiger partial charge < -0.3 is 70.6 Å². The van der Waals surface area contributed by atoms with Crippen LogP contribution in [-0.2, 0) is 19.0 Å². The normalized spacial score (nSPS) is 29.1. The van der Waals surface area contributed by atoms with Crippen LogP contribution in [0.25, 0.3) is 0 Å². The van der Waals surface area contributed by atoms with Gasteiger partial charge in [0, 0.05) is 6.42 Å². The standard InChI is InChI=1S/C48H93NO14/c1-3-5-7-9-11-13-15-17-18-20-22-24-26-28-30-32-37(53)49-38(35(52)31-29-27-25-23-21-19-16-14-12-10-8-6-4-2)44(58)48(34-51)45(59)40(55)42(57)47(63-48)62-43-36(33-50)61-46(60)41(56)39(43)54/h35-36,38-47,50-52,54-60H,3-34H2,1-2H3,(H,49,53)/t35-,36-,38+,39-,40-,41-,42-,43-,44?,45-,46-,47+,48-/m1/s1. The lowest BCUT2D eigenvalue weighted by molar-refractivity contribution is -0.387. The summed E-state index contributed by atoms with van der Waals surface area (Å²) >= 11 is 0. The summed E-state index contributed by atoms with van der Waals surface area (Å²) in [5.41, 5.74) is -2.56. The number of aliphatic hydroxyl groups is 10. The van der Waals surface area contributed by atoms with Crippen molar-refractivity contribution in [2.75, 3.05) is 13.2 Å². The second kappa shape index (κ2) is 34.3. The van der Waals surface area contributed by atoms with E-state index >= 15 is 0 Å². The molecule has 0 aromatic rings. The van der Waals surface area contributed by atoms with E-state index in [-0.39, 0.29) is 12.8 Å². The Balaban J connectivity index is 2.02. The van der Waals surface area contributed by atoms with Crippen LogP contribution < -0.4 is 5.32 Å². The fraction of sp³-hybridized carbons (Fsp3) is 0.979. The van der Waals surface area contributed by atoms with Crippen LogP contribution in [0.4, 0.5) is 0 Å². The predicted molar refractivity (Wildman–Crippen MR) is 241 cm³/mol. The molecule has 2 rings (SSSR count). The highest BCUT2D eigenvalue weighted by atomic mass is 16.7. The summed E-state index contributed by atoms with van der Waals surface area (Å²) in [6.07, 6.45) is 11.9. The summed E-state index contributed by atoms with van der Waals surface area (Å²) in [6.45, 7) is 2.47. The molecule has 2 saturated heterocycles. The smallest absolute Gasteiger partial charge is 0.220 e. The fourth-order valence-corrected chi connectivity index (χ4v) is 9.11.